The number of carbonyl (C=O) groups excluding carboxylic acids is 1. The first-order valence-corrected chi connectivity index (χ1v) is 10.3. The van der Waals surface area contributed by atoms with Gasteiger partial charge < -0.3 is 19.8 Å². The maximum absolute atomic E-state index is 12.4. The minimum Gasteiger partial charge on any atom is -0.469 e. The summed E-state index contributed by atoms with van der Waals surface area (Å²) in [5, 5.41) is 6.06. The zero-order valence-corrected chi connectivity index (χ0v) is 16.2. The molecule has 0 amide bonds. The molecule has 0 bridgehead atoms. The van der Waals surface area contributed by atoms with Gasteiger partial charge in [-0.05, 0) is 12.1 Å². The maximum Gasteiger partial charge on any atom is 0.305 e. The molecule has 10 heteroatoms. The first kappa shape index (κ1) is 19.2. The Morgan fingerprint density at radius 3 is 2.44 bits per heavy atom. The Morgan fingerprint density at radius 1 is 1.26 bits per heavy atom. The fourth-order valence-corrected chi connectivity index (χ4v) is 3.77. The minimum atomic E-state index is -3.70. The highest BCUT2D eigenvalue weighted by molar-refractivity contribution is 7.91. The summed E-state index contributed by atoms with van der Waals surface area (Å²) in [7, 11) is -2.40. The lowest BCUT2D eigenvalue weighted by Crippen LogP contribution is -2.52. The Hall–Kier alpha value is -2.52. The van der Waals surface area contributed by atoms with Crippen molar-refractivity contribution in [1.82, 2.24) is 15.6 Å². The largest absolute Gasteiger partial charge is 0.469 e. The van der Waals surface area contributed by atoms with E-state index < -0.39 is 20.8 Å². The number of benzene rings is 1. The second kappa shape index (κ2) is 7.24. The maximum atomic E-state index is 12.4. The monoisotopic (exact) mass is 411 g/mol. The second-order valence-corrected chi connectivity index (χ2v) is 8.54. The Kier molecular flexibility index (Phi) is 5.16. The molecule has 144 valence electrons. The van der Waals surface area contributed by atoms with Crippen LogP contribution in [-0.2, 0) is 30.8 Å². The van der Waals surface area contributed by atoms with E-state index in [0.29, 0.717) is 22.0 Å². The molecule has 1 aromatic heterocycles. The van der Waals surface area contributed by atoms with Gasteiger partial charge in [-0.3, -0.25) is 4.79 Å². The van der Waals surface area contributed by atoms with Gasteiger partial charge in [0.25, 0.3) is 10.9 Å². The molecule has 0 aliphatic carbocycles. The predicted octanol–water partition coefficient (Wildman–Crippen LogP) is 1.92. The van der Waals surface area contributed by atoms with Crippen LogP contribution in [0, 0.1) is 0 Å². The number of halogens is 1. The molecule has 0 unspecified atom stereocenters. The number of nitrogens with one attached hydrogen (secondary N) is 2. The Labute approximate surface area is 161 Å². The molecule has 1 aliphatic rings. The molecule has 1 aromatic carbocycles. The molecule has 3 rings (SSSR count). The lowest BCUT2D eigenvalue weighted by Gasteiger charge is -2.24. The van der Waals surface area contributed by atoms with Gasteiger partial charge in [0.1, 0.15) is 11.5 Å². The van der Waals surface area contributed by atoms with Crippen molar-refractivity contribution in [3.63, 3.8) is 0 Å². The smallest absolute Gasteiger partial charge is 0.305 e. The number of hydrogen-bond acceptors (Lipinski definition) is 8. The fraction of sp³-hybridized carbons (Fsp3) is 0.294. The molecule has 2 aromatic rings. The number of hydrogen-bond donors (Lipinski definition) is 2. The number of aryl methyl sites for hydroxylation is 1. The lowest BCUT2D eigenvalue weighted by atomic mass is 10.1. The summed E-state index contributed by atoms with van der Waals surface area (Å²) in [5.74, 6) is -0.109. The van der Waals surface area contributed by atoms with Gasteiger partial charge in [0, 0.05) is 35.7 Å². The van der Waals surface area contributed by atoms with E-state index in [1.165, 1.54) is 19.5 Å². The number of sulfone groups is 1. The molecule has 0 saturated carbocycles. The number of nitrogens with zero attached hydrogens (tertiary/aromatic N) is 1. The Morgan fingerprint density at radius 2 is 1.89 bits per heavy atom. The van der Waals surface area contributed by atoms with E-state index in [1.54, 1.807) is 24.3 Å². The first-order valence-electron chi connectivity index (χ1n) is 8.00. The van der Waals surface area contributed by atoms with Crippen LogP contribution in [0.15, 0.2) is 41.1 Å². The molecule has 0 radical (unpaired) electrons. The molecular weight excluding hydrogens is 394 g/mol. The third-order valence-electron chi connectivity index (χ3n) is 4.11. The summed E-state index contributed by atoms with van der Waals surface area (Å²) in [6.07, 6.45) is 4.25. The molecule has 0 saturated heterocycles. The summed E-state index contributed by atoms with van der Waals surface area (Å²) >= 11 is 5.94. The average Bonchev–Trinajstić information content (AvgIpc) is 3.27. The van der Waals surface area contributed by atoms with Crippen LogP contribution in [0.5, 0.6) is 0 Å². The van der Waals surface area contributed by atoms with Crippen molar-refractivity contribution in [2.45, 2.75) is 17.8 Å². The van der Waals surface area contributed by atoms with Gasteiger partial charge in [-0.25, -0.2) is 13.4 Å². The van der Waals surface area contributed by atoms with Crippen molar-refractivity contribution in [3.05, 3.63) is 53.3 Å². The zero-order chi connectivity index (χ0) is 19.7. The van der Waals surface area contributed by atoms with E-state index in [4.69, 9.17) is 16.0 Å². The highest BCUT2D eigenvalue weighted by Crippen LogP contribution is 2.33. The van der Waals surface area contributed by atoms with Crippen LogP contribution in [0.2, 0.25) is 5.02 Å². The van der Waals surface area contributed by atoms with E-state index in [-0.39, 0.29) is 18.7 Å². The van der Waals surface area contributed by atoms with Crippen molar-refractivity contribution in [1.29, 1.82) is 0 Å². The van der Waals surface area contributed by atoms with Crippen molar-refractivity contribution in [2.24, 2.45) is 0 Å². The molecule has 0 fully saturated rings. The number of aromatic nitrogens is 1. The summed E-state index contributed by atoms with van der Waals surface area (Å²) in [6, 6.07) is 6.86. The zero-order valence-electron chi connectivity index (χ0n) is 14.7. The molecule has 0 spiro atoms. The number of carbonyl (C=O) groups is 1. The summed E-state index contributed by atoms with van der Waals surface area (Å²) < 4.78 is 35.3. The van der Waals surface area contributed by atoms with E-state index >= 15 is 0 Å². The third-order valence-corrected chi connectivity index (χ3v) is 5.89. The SMILES string of the molecule is COC(=O)CCc1oc(C2(S(C)(=O)=O)NC=CN2)nc1-c1ccc(Cl)cc1. The van der Waals surface area contributed by atoms with Crippen molar-refractivity contribution in [3.8, 4) is 11.3 Å². The molecular formula is C17H18ClN3O5S. The van der Waals surface area contributed by atoms with Crippen LogP contribution in [0.3, 0.4) is 0 Å². The van der Waals surface area contributed by atoms with Crippen LogP contribution >= 0.6 is 11.6 Å². The number of rotatable bonds is 6. The summed E-state index contributed by atoms with van der Waals surface area (Å²) in [4.78, 5) is 14.2. The highest BCUT2D eigenvalue weighted by Gasteiger charge is 2.48. The van der Waals surface area contributed by atoms with Crippen LogP contribution in [0.1, 0.15) is 18.1 Å². The standard InChI is InChI=1S/C17H18ClN3O5S/c1-25-14(22)8-7-13-15(11-3-5-12(18)6-4-11)21-16(26-13)17(27(2,23)24)19-9-10-20-17/h3-6,9-10,19-20H,7-8H2,1-2H3. The normalized spacial score (nSPS) is 15.2. The van der Waals surface area contributed by atoms with E-state index in [2.05, 4.69) is 20.4 Å². The lowest BCUT2D eigenvalue weighted by molar-refractivity contribution is -0.140. The van der Waals surface area contributed by atoms with Gasteiger partial charge in [-0.1, -0.05) is 23.7 Å². The summed E-state index contributed by atoms with van der Waals surface area (Å²) in [5.41, 5.74) is 1.12. The van der Waals surface area contributed by atoms with Crippen LogP contribution < -0.4 is 10.6 Å². The van der Waals surface area contributed by atoms with Gasteiger partial charge in [-0.15, -0.1) is 0 Å². The third kappa shape index (κ3) is 3.65. The quantitative estimate of drug-likeness (QED) is 0.693. The number of methoxy groups -OCH3 is 1. The Bertz CT molecular complexity index is 974. The summed E-state index contributed by atoms with van der Waals surface area (Å²) in [6.45, 7) is 0. The van der Waals surface area contributed by atoms with Gasteiger partial charge in [0.05, 0.1) is 13.5 Å². The number of ether oxygens (including phenoxy) is 1. The van der Waals surface area contributed by atoms with Crippen LogP contribution in [-0.4, -0.2) is 32.7 Å². The van der Waals surface area contributed by atoms with Gasteiger partial charge in [0.2, 0.25) is 0 Å². The fourth-order valence-electron chi connectivity index (χ4n) is 2.68. The second-order valence-electron chi connectivity index (χ2n) is 5.95. The topological polar surface area (TPSA) is 111 Å². The minimum absolute atomic E-state index is 0.0662. The van der Waals surface area contributed by atoms with Gasteiger partial charge in [-0.2, -0.15) is 0 Å². The van der Waals surface area contributed by atoms with E-state index in [1.807, 2.05) is 0 Å². The predicted molar refractivity (Wildman–Crippen MR) is 99.2 cm³/mol. The van der Waals surface area contributed by atoms with Gasteiger partial charge in [0.15, 0.2) is 9.84 Å². The number of oxazole rings is 1. The van der Waals surface area contributed by atoms with Crippen molar-refractivity contribution < 1.29 is 22.4 Å². The molecule has 27 heavy (non-hydrogen) atoms. The number of esters is 1. The first-order chi connectivity index (χ1) is 12.8. The molecule has 1 aliphatic heterocycles. The Balaban J connectivity index is 2.08. The highest BCUT2D eigenvalue weighted by atomic mass is 35.5. The van der Waals surface area contributed by atoms with Crippen molar-refractivity contribution in [2.75, 3.05) is 13.4 Å². The molecule has 0 atom stereocenters. The van der Waals surface area contributed by atoms with E-state index in [0.717, 1.165) is 6.26 Å². The molecule has 2 heterocycles. The van der Waals surface area contributed by atoms with Gasteiger partial charge >= 0.3 is 5.97 Å². The van der Waals surface area contributed by atoms with Crippen molar-refractivity contribution >= 4 is 27.4 Å². The van der Waals surface area contributed by atoms with Crippen LogP contribution in [0.4, 0.5) is 0 Å². The molecule has 2 N–H and O–H groups in total. The van der Waals surface area contributed by atoms with E-state index in [9.17, 15) is 13.2 Å². The van der Waals surface area contributed by atoms with Crippen LogP contribution in [0.25, 0.3) is 11.3 Å². The molecule has 8 nitrogen and oxygen atoms in total. The average molecular weight is 412 g/mol.